The smallest absolute Gasteiger partial charge is 0.230 e. The summed E-state index contributed by atoms with van der Waals surface area (Å²) in [5, 5.41) is 3.33. The zero-order chi connectivity index (χ0) is 12.0. The van der Waals surface area contributed by atoms with E-state index in [1.165, 1.54) is 0 Å². The van der Waals surface area contributed by atoms with Crippen LogP contribution in [0.3, 0.4) is 0 Å². The van der Waals surface area contributed by atoms with Crippen LogP contribution in [0, 0.1) is 5.41 Å². The van der Waals surface area contributed by atoms with Crippen molar-refractivity contribution < 1.29 is 4.79 Å². The van der Waals surface area contributed by atoms with Crippen LogP contribution < -0.4 is 5.32 Å². The van der Waals surface area contributed by atoms with Gasteiger partial charge in [0.05, 0.1) is 5.41 Å². The molecule has 0 aromatic rings. The number of carbonyl (C=O) groups is 1. The molecule has 1 unspecified atom stereocenters. The molecule has 1 rings (SSSR count). The number of hydrogen-bond acceptors (Lipinski definition) is 2. The topological polar surface area (TPSA) is 32.3 Å². The van der Waals surface area contributed by atoms with E-state index in [4.69, 9.17) is 0 Å². The van der Waals surface area contributed by atoms with Gasteiger partial charge in [-0.1, -0.05) is 19.4 Å². The summed E-state index contributed by atoms with van der Waals surface area (Å²) in [6, 6.07) is 0. The zero-order valence-corrected chi connectivity index (χ0v) is 10.6. The lowest BCUT2D eigenvalue weighted by Crippen LogP contribution is -2.45. The molecular formula is C13H24N2O. The van der Waals surface area contributed by atoms with Gasteiger partial charge in [-0.3, -0.25) is 4.79 Å². The minimum Gasteiger partial charge on any atom is -0.339 e. The summed E-state index contributed by atoms with van der Waals surface area (Å²) >= 11 is 0. The highest BCUT2D eigenvalue weighted by Gasteiger charge is 2.42. The molecular weight excluding hydrogens is 200 g/mol. The van der Waals surface area contributed by atoms with Gasteiger partial charge in [-0.2, -0.15) is 0 Å². The van der Waals surface area contributed by atoms with Gasteiger partial charge in [0.25, 0.3) is 0 Å². The first-order chi connectivity index (χ1) is 7.70. The monoisotopic (exact) mass is 224 g/mol. The number of amides is 1. The van der Waals surface area contributed by atoms with E-state index < -0.39 is 0 Å². The summed E-state index contributed by atoms with van der Waals surface area (Å²) in [6.45, 7) is 11.1. The molecule has 0 radical (unpaired) electrons. The van der Waals surface area contributed by atoms with Gasteiger partial charge in [0.1, 0.15) is 0 Å². The third-order valence-corrected chi connectivity index (χ3v) is 3.44. The second kappa shape index (κ2) is 6.04. The SMILES string of the molecule is C=CCN(CC)C(=O)C1(CCC)CCNC1. The Morgan fingerprint density at radius 1 is 1.56 bits per heavy atom. The van der Waals surface area contributed by atoms with Crippen molar-refractivity contribution in [1.29, 1.82) is 0 Å². The van der Waals surface area contributed by atoms with E-state index in [0.29, 0.717) is 12.5 Å². The van der Waals surface area contributed by atoms with E-state index in [-0.39, 0.29) is 5.41 Å². The van der Waals surface area contributed by atoms with Crippen LogP contribution in [0.15, 0.2) is 12.7 Å². The molecule has 1 fully saturated rings. The van der Waals surface area contributed by atoms with Gasteiger partial charge in [0, 0.05) is 19.6 Å². The highest BCUT2D eigenvalue weighted by molar-refractivity contribution is 5.83. The third kappa shape index (κ3) is 2.64. The molecule has 0 bridgehead atoms. The van der Waals surface area contributed by atoms with Crippen molar-refractivity contribution >= 4 is 5.91 Å². The van der Waals surface area contributed by atoms with Gasteiger partial charge >= 0.3 is 0 Å². The Hall–Kier alpha value is -0.830. The van der Waals surface area contributed by atoms with E-state index in [9.17, 15) is 4.79 Å². The fraction of sp³-hybridized carbons (Fsp3) is 0.769. The largest absolute Gasteiger partial charge is 0.339 e. The Kier molecular flexibility index (Phi) is 5.00. The number of carbonyl (C=O) groups excluding carboxylic acids is 1. The van der Waals surface area contributed by atoms with Crippen molar-refractivity contribution in [2.24, 2.45) is 5.41 Å². The highest BCUT2D eigenvalue weighted by atomic mass is 16.2. The first-order valence-corrected chi connectivity index (χ1v) is 6.31. The van der Waals surface area contributed by atoms with Crippen LogP contribution in [0.4, 0.5) is 0 Å². The van der Waals surface area contributed by atoms with Crippen LogP contribution in [0.1, 0.15) is 33.1 Å². The van der Waals surface area contributed by atoms with Gasteiger partial charge in [-0.05, 0) is 26.3 Å². The summed E-state index contributed by atoms with van der Waals surface area (Å²) in [4.78, 5) is 14.4. The maximum atomic E-state index is 12.5. The number of likely N-dealkylation sites (N-methyl/N-ethyl adjacent to an activating group) is 1. The molecule has 1 saturated heterocycles. The van der Waals surface area contributed by atoms with Crippen molar-refractivity contribution in [2.45, 2.75) is 33.1 Å². The molecule has 0 aromatic heterocycles. The Labute approximate surface area is 98.9 Å². The number of rotatable bonds is 6. The van der Waals surface area contributed by atoms with Crippen molar-refractivity contribution in [2.75, 3.05) is 26.2 Å². The highest BCUT2D eigenvalue weighted by Crippen LogP contribution is 2.33. The van der Waals surface area contributed by atoms with Crippen LogP contribution in [-0.2, 0) is 4.79 Å². The molecule has 0 aromatic carbocycles. The van der Waals surface area contributed by atoms with E-state index in [1.54, 1.807) is 0 Å². The first-order valence-electron chi connectivity index (χ1n) is 6.31. The van der Waals surface area contributed by atoms with Gasteiger partial charge in [-0.15, -0.1) is 6.58 Å². The number of nitrogens with one attached hydrogen (secondary N) is 1. The Morgan fingerprint density at radius 3 is 2.75 bits per heavy atom. The van der Waals surface area contributed by atoms with E-state index in [0.717, 1.165) is 38.9 Å². The second-order valence-corrected chi connectivity index (χ2v) is 4.59. The van der Waals surface area contributed by atoms with Crippen LogP contribution in [-0.4, -0.2) is 37.0 Å². The third-order valence-electron chi connectivity index (χ3n) is 3.44. The standard InChI is InChI=1S/C13H24N2O/c1-4-7-13(8-9-14-11-13)12(16)15(6-3)10-5-2/h5,14H,2,4,6-11H2,1,3H3. The van der Waals surface area contributed by atoms with E-state index in [2.05, 4.69) is 18.8 Å². The maximum Gasteiger partial charge on any atom is 0.230 e. The van der Waals surface area contributed by atoms with Crippen LogP contribution in [0.25, 0.3) is 0 Å². The molecule has 1 amide bonds. The molecule has 1 atom stereocenters. The van der Waals surface area contributed by atoms with Crippen molar-refractivity contribution in [3.8, 4) is 0 Å². The summed E-state index contributed by atoms with van der Waals surface area (Å²) in [7, 11) is 0. The number of nitrogens with zero attached hydrogens (tertiary/aromatic N) is 1. The second-order valence-electron chi connectivity index (χ2n) is 4.59. The molecule has 0 aliphatic carbocycles. The van der Waals surface area contributed by atoms with Gasteiger partial charge in [0.2, 0.25) is 5.91 Å². The lowest BCUT2D eigenvalue weighted by Gasteiger charge is -2.32. The molecule has 1 aliphatic rings. The Bertz CT molecular complexity index is 244. The fourth-order valence-electron chi connectivity index (χ4n) is 2.57. The molecule has 1 heterocycles. The Morgan fingerprint density at radius 2 is 2.31 bits per heavy atom. The summed E-state index contributed by atoms with van der Waals surface area (Å²) in [6.07, 6.45) is 4.85. The lowest BCUT2D eigenvalue weighted by molar-refractivity contribution is -0.140. The quantitative estimate of drug-likeness (QED) is 0.698. The Balaban J connectivity index is 2.76. The van der Waals surface area contributed by atoms with Gasteiger partial charge in [0.15, 0.2) is 0 Å². The molecule has 92 valence electrons. The minimum atomic E-state index is -0.145. The van der Waals surface area contributed by atoms with Crippen molar-refractivity contribution in [3.05, 3.63) is 12.7 Å². The van der Waals surface area contributed by atoms with Crippen molar-refractivity contribution in [1.82, 2.24) is 10.2 Å². The van der Waals surface area contributed by atoms with Gasteiger partial charge in [-0.25, -0.2) is 0 Å². The zero-order valence-electron chi connectivity index (χ0n) is 10.6. The van der Waals surface area contributed by atoms with E-state index in [1.807, 2.05) is 17.9 Å². The molecule has 16 heavy (non-hydrogen) atoms. The number of hydrogen-bond donors (Lipinski definition) is 1. The van der Waals surface area contributed by atoms with Crippen LogP contribution in [0.5, 0.6) is 0 Å². The molecule has 0 spiro atoms. The predicted molar refractivity (Wildman–Crippen MR) is 67.3 cm³/mol. The maximum absolute atomic E-state index is 12.5. The molecule has 1 aliphatic heterocycles. The lowest BCUT2D eigenvalue weighted by atomic mass is 9.81. The van der Waals surface area contributed by atoms with Crippen LogP contribution in [0.2, 0.25) is 0 Å². The van der Waals surface area contributed by atoms with Crippen molar-refractivity contribution in [3.63, 3.8) is 0 Å². The van der Waals surface area contributed by atoms with Crippen LogP contribution >= 0.6 is 0 Å². The predicted octanol–water partition coefficient (Wildman–Crippen LogP) is 1.80. The fourth-order valence-corrected chi connectivity index (χ4v) is 2.57. The van der Waals surface area contributed by atoms with Gasteiger partial charge < -0.3 is 10.2 Å². The molecule has 3 nitrogen and oxygen atoms in total. The average Bonchev–Trinajstić information content (AvgIpc) is 2.75. The average molecular weight is 224 g/mol. The summed E-state index contributed by atoms with van der Waals surface area (Å²) in [5.41, 5.74) is -0.145. The normalized spacial score (nSPS) is 24.4. The first kappa shape index (κ1) is 13.2. The summed E-state index contributed by atoms with van der Waals surface area (Å²) in [5.74, 6) is 0.307. The molecule has 3 heteroatoms. The molecule has 1 N–H and O–H groups in total. The molecule has 0 saturated carbocycles. The van der Waals surface area contributed by atoms with E-state index >= 15 is 0 Å². The minimum absolute atomic E-state index is 0.145. The summed E-state index contributed by atoms with van der Waals surface area (Å²) < 4.78 is 0.